The number of benzene rings is 2. The molecule has 180 valence electrons. The molecule has 0 atom stereocenters. The first-order chi connectivity index (χ1) is 17.1. The van der Waals surface area contributed by atoms with Gasteiger partial charge >= 0.3 is 0 Å². The molecule has 1 aliphatic heterocycles. The largest absolute Gasteiger partial charge is 0.493 e. The van der Waals surface area contributed by atoms with Crippen molar-refractivity contribution in [3.05, 3.63) is 65.2 Å². The molecule has 4 aromatic rings. The van der Waals surface area contributed by atoms with Crippen molar-refractivity contribution in [2.45, 2.75) is 25.8 Å². The zero-order valence-corrected chi connectivity index (χ0v) is 20.7. The Kier molecular flexibility index (Phi) is 6.92. The van der Waals surface area contributed by atoms with Gasteiger partial charge in [-0.25, -0.2) is 9.97 Å². The number of rotatable bonds is 7. The van der Waals surface area contributed by atoms with E-state index in [1.807, 2.05) is 53.9 Å². The van der Waals surface area contributed by atoms with Crippen LogP contribution < -0.4 is 14.8 Å². The fourth-order valence-electron chi connectivity index (χ4n) is 4.45. The van der Waals surface area contributed by atoms with Crippen LogP contribution in [0.4, 0.5) is 5.13 Å². The summed E-state index contributed by atoms with van der Waals surface area (Å²) in [6.45, 7) is 3.05. The van der Waals surface area contributed by atoms with Crippen LogP contribution in [0.25, 0.3) is 22.2 Å². The quantitative estimate of drug-likeness (QED) is 0.364. The molecule has 7 nitrogen and oxygen atoms in total. The van der Waals surface area contributed by atoms with E-state index in [1.54, 1.807) is 14.2 Å². The molecule has 0 aliphatic carbocycles. The van der Waals surface area contributed by atoms with Crippen LogP contribution in [0.5, 0.6) is 11.5 Å². The van der Waals surface area contributed by atoms with E-state index in [-0.39, 0.29) is 5.91 Å². The predicted octanol–water partition coefficient (Wildman–Crippen LogP) is 5.61. The third-order valence-electron chi connectivity index (χ3n) is 6.25. The lowest BCUT2D eigenvalue weighted by atomic mass is 10.0. The standard InChI is InChI=1S/C27H28N4O3S/c1-33-24-11-10-18(14-25(24)34-2)23-15-21(20-8-4-5-9-22(20)29-23)26(32)30-27-28-19(17-35-27)16-31-12-6-3-7-13-31/h4-5,8-11,14-15,17H,3,6-7,12-13,16H2,1-2H3,(H,28,30,32). The summed E-state index contributed by atoms with van der Waals surface area (Å²) in [7, 11) is 3.20. The molecule has 1 amide bonds. The van der Waals surface area contributed by atoms with Gasteiger partial charge in [0.15, 0.2) is 16.6 Å². The van der Waals surface area contributed by atoms with Crippen molar-refractivity contribution in [3.8, 4) is 22.8 Å². The average Bonchev–Trinajstić information content (AvgIpc) is 3.34. The number of likely N-dealkylation sites (tertiary alicyclic amines) is 1. The number of amides is 1. The van der Waals surface area contributed by atoms with Crippen molar-refractivity contribution in [2.24, 2.45) is 0 Å². The molecular weight excluding hydrogens is 460 g/mol. The summed E-state index contributed by atoms with van der Waals surface area (Å²) in [6.07, 6.45) is 3.79. The van der Waals surface area contributed by atoms with Crippen LogP contribution >= 0.6 is 11.3 Å². The second-order valence-electron chi connectivity index (χ2n) is 8.58. The number of methoxy groups -OCH3 is 2. The smallest absolute Gasteiger partial charge is 0.258 e. The summed E-state index contributed by atoms with van der Waals surface area (Å²) in [5, 5.41) is 6.43. The Morgan fingerprint density at radius 2 is 1.80 bits per heavy atom. The molecule has 0 spiro atoms. The lowest BCUT2D eigenvalue weighted by Crippen LogP contribution is -2.29. The van der Waals surface area contributed by atoms with Crippen molar-refractivity contribution in [2.75, 3.05) is 32.6 Å². The van der Waals surface area contributed by atoms with Gasteiger partial charge in [0.2, 0.25) is 0 Å². The number of fused-ring (bicyclic) bond motifs is 1. The SMILES string of the molecule is COc1ccc(-c2cc(C(=O)Nc3nc(CN4CCCCC4)cs3)c3ccccc3n2)cc1OC. The van der Waals surface area contributed by atoms with E-state index in [0.29, 0.717) is 27.9 Å². The summed E-state index contributed by atoms with van der Waals surface area (Å²) in [6, 6.07) is 15.1. The van der Waals surface area contributed by atoms with E-state index in [9.17, 15) is 4.79 Å². The van der Waals surface area contributed by atoms with Gasteiger partial charge < -0.3 is 9.47 Å². The molecule has 3 heterocycles. The Labute approximate surface area is 208 Å². The highest BCUT2D eigenvalue weighted by Crippen LogP contribution is 2.33. The minimum atomic E-state index is -0.204. The Morgan fingerprint density at radius 1 is 1.00 bits per heavy atom. The fraction of sp³-hybridized carbons (Fsp3) is 0.296. The fourth-order valence-corrected chi connectivity index (χ4v) is 5.15. The zero-order valence-electron chi connectivity index (χ0n) is 19.9. The van der Waals surface area contributed by atoms with E-state index in [2.05, 4.69) is 15.2 Å². The van der Waals surface area contributed by atoms with E-state index in [4.69, 9.17) is 14.5 Å². The van der Waals surface area contributed by atoms with E-state index < -0.39 is 0 Å². The van der Waals surface area contributed by atoms with Gasteiger partial charge in [-0.05, 0) is 56.3 Å². The maximum atomic E-state index is 13.4. The number of hydrogen-bond acceptors (Lipinski definition) is 7. The Hall–Kier alpha value is -3.49. The van der Waals surface area contributed by atoms with Gasteiger partial charge in [-0.3, -0.25) is 15.0 Å². The number of piperidine rings is 1. The molecule has 1 saturated heterocycles. The first-order valence-corrected chi connectivity index (χ1v) is 12.6. The maximum Gasteiger partial charge on any atom is 0.258 e. The molecule has 2 aromatic carbocycles. The average molecular weight is 489 g/mol. The minimum Gasteiger partial charge on any atom is -0.493 e. The Bertz CT molecular complexity index is 1350. The molecule has 35 heavy (non-hydrogen) atoms. The predicted molar refractivity (Wildman–Crippen MR) is 139 cm³/mol. The van der Waals surface area contributed by atoms with Crippen molar-refractivity contribution in [1.82, 2.24) is 14.9 Å². The number of ether oxygens (including phenoxy) is 2. The summed E-state index contributed by atoms with van der Waals surface area (Å²) < 4.78 is 10.8. The van der Waals surface area contributed by atoms with Gasteiger partial charge in [-0.2, -0.15) is 0 Å². The monoisotopic (exact) mass is 488 g/mol. The van der Waals surface area contributed by atoms with Gasteiger partial charge in [0, 0.05) is 22.9 Å². The number of aromatic nitrogens is 2. The Balaban J connectivity index is 1.43. The number of hydrogen-bond donors (Lipinski definition) is 1. The van der Waals surface area contributed by atoms with Crippen LogP contribution in [0.15, 0.2) is 53.9 Å². The molecule has 5 rings (SSSR count). The van der Waals surface area contributed by atoms with Crippen LogP contribution in [0.1, 0.15) is 35.3 Å². The third-order valence-corrected chi connectivity index (χ3v) is 7.05. The van der Waals surface area contributed by atoms with Crippen molar-refractivity contribution in [1.29, 1.82) is 0 Å². The summed E-state index contributed by atoms with van der Waals surface area (Å²) in [5.74, 6) is 1.04. The number of thiazole rings is 1. The van der Waals surface area contributed by atoms with Crippen molar-refractivity contribution < 1.29 is 14.3 Å². The highest BCUT2D eigenvalue weighted by atomic mass is 32.1. The number of carbonyl (C=O) groups is 1. The zero-order chi connectivity index (χ0) is 24.2. The van der Waals surface area contributed by atoms with Crippen LogP contribution in [0.2, 0.25) is 0 Å². The van der Waals surface area contributed by atoms with Crippen molar-refractivity contribution >= 4 is 33.3 Å². The number of anilines is 1. The number of nitrogens with one attached hydrogen (secondary N) is 1. The van der Waals surface area contributed by atoms with E-state index in [1.165, 1.54) is 30.6 Å². The number of para-hydroxylation sites is 1. The van der Waals surface area contributed by atoms with Gasteiger partial charge in [0.25, 0.3) is 5.91 Å². The van der Waals surface area contributed by atoms with Gasteiger partial charge in [-0.15, -0.1) is 11.3 Å². The maximum absolute atomic E-state index is 13.4. The number of carbonyl (C=O) groups excluding carboxylic acids is 1. The molecule has 2 aromatic heterocycles. The van der Waals surface area contributed by atoms with Gasteiger partial charge in [-0.1, -0.05) is 24.6 Å². The molecule has 0 saturated carbocycles. The topological polar surface area (TPSA) is 76.6 Å². The first-order valence-electron chi connectivity index (χ1n) is 11.7. The van der Waals surface area contributed by atoms with Crippen LogP contribution in [0.3, 0.4) is 0 Å². The molecule has 1 aliphatic rings. The summed E-state index contributed by atoms with van der Waals surface area (Å²) in [4.78, 5) is 25.3. The van der Waals surface area contributed by atoms with Crippen LogP contribution in [-0.2, 0) is 6.54 Å². The van der Waals surface area contributed by atoms with Crippen LogP contribution in [0, 0.1) is 0 Å². The third kappa shape index (κ3) is 5.13. The molecule has 1 fully saturated rings. The molecule has 0 radical (unpaired) electrons. The lowest BCUT2D eigenvalue weighted by molar-refractivity contribution is 0.102. The van der Waals surface area contributed by atoms with Gasteiger partial charge in [0.05, 0.1) is 36.7 Å². The summed E-state index contributed by atoms with van der Waals surface area (Å²) >= 11 is 1.46. The van der Waals surface area contributed by atoms with E-state index in [0.717, 1.165) is 41.8 Å². The highest BCUT2D eigenvalue weighted by molar-refractivity contribution is 7.14. The second-order valence-corrected chi connectivity index (χ2v) is 9.43. The molecule has 1 N–H and O–H groups in total. The number of pyridine rings is 1. The molecule has 8 heteroatoms. The van der Waals surface area contributed by atoms with Gasteiger partial charge in [0.1, 0.15) is 0 Å². The minimum absolute atomic E-state index is 0.204. The second kappa shape index (κ2) is 10.4. The molecule has 0 bridgehead atoms. The highest BCUT2D eigenvalue weighted by Gasteiger charge is 2.18. The number of nitrogens with zero attached hydrogens (tertiary/aromatic N) is 3. The normalized spacial score (nSPS) is 14.1. The summed E-state index contributed by atoms with van der Waals surface area (Å²) in [5.41, 5.74) is 3.81. The molecule has 0 unspecified atom stereocenters. The van der Waals surface area contributed by atoms with Crippen LogP contribution in [-0.4, -0.2) is 48.1 Å². The van der Waals surface area contributed by atoms with E-state index >= 15 is 0 Å². The Morgan fingerprint density at radius 3 is 2.60 bits per heavy atom. The molecular formula is C27H28N4O3S. The lowest BCUT2D eigenvalue weighted by Gasteiger charge is -2.25. The first kappa shape index (κ1) is 23.3. The van der Waals surface area contributed by atoms with Crippen molar-refractivity contribution in [3.63, 3.8) is 0 Å².